The molecule has 2 amide bonds. The minimum Gasteiger partial charge on any atom is -0.506 e. The van der Waals surface area contributed by atoms with Crippen molar-refractivity contribution in [2.45, 2.75) is 226 Å². The number of ether oxygens (including phenoxy) is 9. The minimum atomic E-state index is -1.62. The molecule has 122 heavy (non-hydrogen) atoms. The number of phenolic OH excluding ortho intramolecular Hbond substituents is 2. The highest BCUT2D eigenvalue weighted by Crippen LogP contribution is 2.72. The lowest BCUT2D eigenvalue weighted by atomic mass is 9.45. The molecule has 6 saturated heterocycles. The Hall–Kier alpha value is -7.88. The molecule has 8 bridgehead atoms. The third kappa shape index (κ3) is 16.3. The monoisotopic (exact) mass is 1680 g/mol. The molecule has 10 heterocycles. The lowest BCUT2D eigenvalue weighted by Crippen LogP contribution is -2.80. The van der Waals surface area contributed by atoms with E-state index in [0.717, 1.165) is 96.1 Å². The molecule has 0 aromatic heterocycles. The summed E-state index contributed by atoms with van der Waals surface area (Å²) in [5.74, 6) is -2.95. The molecular formula is C98H134N6O18. The maximum Gasteiger partial charge on any atom is 0.249 e. The Kier molecular flexibility index (Phi) is 26.0. The van der Waals surface area contributed by atoms with Crippen LogP contribution in [-0.2, 0) is 55.7 Å². The summed E-state index contributed by atoms with van der Waals surface area (Å²) in [5.41, 5.74) is -0.791. The van der Waals surface area contributed by atoms with Gasteiger partial charge in [0.15, 0.2) is 45.5 Å². The molecule has 18 rings (SSSR count). The molecule has 12 atom stereocenters. The van der Waals surface area contributed by atoms with E-state index in [1.807, 2.05) is 123 Å². The minimum absolute atomic E-state index is 0.0507. The highest BCUT2D eigenvalue weighted by atomic mass is 16.6. The van der Waals surface area contributed by atoms with E-state index in [9.17, 15) is 29.4 Å². The smallest absolute Gasteiger partial charge is 0.249 e. The third-order valence-corrected chi connectivity index (χ3v) is 28.4. The summed E-state index contributed by atoms with van der Waals surface area (Å²) in [6, 6.07) is 0. The molecule has 16 aliphatic rings. The molecule has 10 fully saturated rings. The highest BCUT2D eigenvalue weighted by molar-refractivity contribution is 6.19. The van der Waals surface area contributed by atoms with E-state index in [-0.39, 0.29) is 94.4 Å². The number of hydrogen-bond donors (Lipinski definition) is 3. The SMILES string of the molecule is CC(C)=CCCC1(C)C=Cc2c(O)c3c(c(CC=C(C)C)c2O1)OC12C(=CC4CC1C(C)(C)OC2(C/C=C(/C)C(=O)N1CCN(C)CC1)C4=O)C3=O.CC(C)=CCCC1(C)C=Cc2c(O)c3c(c(CC=C(C)C)c2O1)OC12C(C3=O)C(OCCN3CCOCC3)C3CC1C(C)(C)OC2(C/C=C(/C)C(=O)N1CCN(C)CC1)C3=O.OCCN1CCOCC1. The zero-order valence-electron chi connectivity index (χ0n) is 75.7. The second kappa shape index (κ2) is 35.2. The fourth-order valence-electron chi connectivity index (χ4n) is 21.7. The van der Waals surface area contributed by atoms with Crippen molar-refractivity contribution in [1.82, 2.24) is 29.4 Å². The van der Waals surface area contributed by atoms with E-state index >= 15 is 9.59 Å². The number of piperazine rings is 2. The lowest BCUT2D eigenvalue weighted by molar-refractivity contribution is -0.227. The highest BCUT2D eigenvalue weighted by Gasteiger charge is 2.86. The number of ketones is 4. The van der Waals surface area contributed by atoms with Gasteiger partial charge in [-0.2, -0.15) is 0 Å². The van der Waals surface area contributed by atoms with Gasteiger partial charge in [-0.3, -0.25) is 38.6 Å². The first-order valence-electron chi connectivity index (χ1n) is 44.7. The second-order valence-corrected chi connectivity index (χ2v) is 39.1. The predicted molar refractivity (Wildman–Crippen MR) is 468 cm³/mol. The van der Waals surface area contributed by atoms with Gasteiger partial charge in [0.1, 0.15) is 56.8 Å². The van der Waals surface area contributed by atoms with Crippen LogP contribution in [0.15, 0.2) is 93.7 Å². The van der Waals surface area contributed by atoms with Crippen LogP contribution >= 0.6 is 0 Å². The van der Waals surface area contributed by atoms with Crippen molar-refractivity contribution in [2.75, 3.05) is 145 Å². The first kappa shape index (κ1) is 90.4. The number of carbonyl (C=O) groups excluding carboxylic acids is 6. The number of allylic oxidation sites excluding steroid dienone is 9. The number of benzene rings is 2. The number of β-amino-alcohol motifs (C(OH)–C–C–N with tert-alkyl or cyclic N) is 1. The number of fused-ring (bicyclic) bond motifs is 4. The molecule has 664 valence electrons. The molecule has 24 nitrogen and oxygen atoms in total. The Balaban J connectivity index is 0.000000182. The van der Waals surface area contributed by atoms with Gasteiger partial charge in [-0.05, 0) is 201 Å². The maximum absolute atomic E-state index is 15.8. The van der Waals surface area contributed by atoms with Crippen molar-refractivity contribution in [3.63, 3.8) is 0 Å². The zero-order valence-corrected chi connectivity index (χ0v) is 75.7. The van der Waals surface area contributed by atoms with Crippen LogP contribution in [0.3, 0.4) is 0 Å². The average molecular weight is 1680 g/mol. The van der Waals surface area contributed by atoms with Gasteiger partial charge in [0.2, 0.25) is 11.8 Å². The summed E-state index contributed by atoms with van der Waals surface area (Å²) >= 11 is 0. The number of likely N-dealkylation sites (N-methyl/N-ethyl adjacent to an activating group) is 2. The normalized spacial score (nSPS) is 31.3. The van der Waals surface area contributed by atoms with Gasteiger partial charge in [-0.15, -0.1) is 0 Å². The number of rotatable bonds is 22. The van der Waals surface area contributed by atoms with E-state index in [0.29, 0.717) is 142 Å². The number of carbonyl (C=O) groups is 6. The van der Waals surface area contributed by atoms with E-state index in [2.05, 4.69) is 78.6 Å². The van der Waals surface area contributed by atoms with Gasteiger partial charge in [0.05, 0.1) is 74.0 Å². The molecule has 2 spiro atoms. The molecular weight excluding hydrogens is 1550 g/mol. The van der Waals surface area contributed by atoms with E-state index < -0.39 is 74.6 Å². The summed E-state index contributed by atoms with van der Waals surface area (Å²) in [7, 11) is 4.10. The fraction of sp³-hybridized carbons (Fsp3) is 0.633. The van der Waals surface area contributed by atoms with Crippen LogP contribution in [0.1, 0.15) is 205 Å². The van der Waals surface area contributed by atoms with Crippen molar-refractivity contribution in [3.05, 3.63) is 127 Å². The number of phenols is 2. The molecule has 6 aliphatic carbocycles. The molecule has 2 aromatic carbocycles. The number of hydrogen-bond acceptors (Lipinski definition) is 22. The quantitative estimate of drug-likeness (QED) is 0.0730. The Bertz CT molecular complexity index is 4720. The average Bonchev–Trinajstić information content (AvgIpc) is 1.42. The van der Waals surface area contributed by atoms with Gasteiger partial charge >= 0.3 is 0 Å². The van der Waals surface area contributed by atoms with Gasteiger partial charge < -0.3 is 77.6 Å². The zero-order chi connectivity index (χ0) is 87.7. The molecule has 12 unspecified atom stereocenters. The first-order chi connectivity index (χ1) is 57.8. The molecule has 3 N–H and O–H groups in total. The van der Waals surface area contributed by atoms with Crippen LogP contribution in [0, 0.1) is 29.6 Å². The number of morpholine rings is 2. The van der Waals surface area contributed by atoms with Crippen LogP contribution in [0.4, 0.5) is 0 Å². The van der Waals surface area contributed by atoms with Crippen molar-refractivity contribution in [1.29, 1.82) is 0 Å². The van der Waals surface area contributed by atoms with Gasteiger partial charge in [-0.1, -0.05) is 64.8 Å². The van der Waals surface area contributed by atoms with Crippen molar-refractivity contribution < 1.29 is 86.7 Å². The van der Waals surface area contributed by atoms with Gasteiger partial charge in [0, 0.05) is 156 Å². The standard InChI is InChI=1S/C49H67N3O9.C43H54N2O7.C6H13NO2/c1-30(2)11-10-16-47(8)17-15-33-39(53)37-40(54)38-43(58-28-25-51-23-26-57-27-24-51)35-29-36-46(6,7)61-48(44(35)55,18-14-32(5)45(56)52-21-19-50(9)20-22-52)49(36,38)60-42(37)34(41(33)59-47)13-12-31(3)4;1-25(2)11-10-16-41(8)17-15-29-34(46)33-35(47)31-23-28-24-32-40(6,7)52-42(38(28)48,18-14-27(5)39(49)45-21-19-44(9)20-22-45)43(31,32)51-37(33)30(36(29)50-41)13-12-26(3)4;8-4-1-7-2-5-9-6-3-7/h11-12,14-15,17,35-36,38,43,53H,10,13,16,18-29H2,1-9H3;11-12,14-15,17,23,28,32,46H,10,13,16,18-22,24H2,1-9H3;8H,1-6H2/b32-14-;27-14-;. The summed E-state index contributed by atoms with van der Waals surface area (Å²) in [6.07, 6.45) is 25.6. The summed E-state index contributed by atoms with van der Waals surface area (Å²) in [5, 5.41) is 32.8. The number of aromatic hydroxyl groups is 2. The molecule has 4 saturated carbocycles. The van der Waals surface area contributed by atoms with Crippen molar-refractivity contribution in [3.8, 4) is 34.5 Å². The predicted octanol–water partition coefficient (Wildman–Crippen LogP) is 12.6. The second-order valence-electron chi connectivity index (χ2n) is 39.1. The van der Waals surface area contributed by atoms with E-state index in [1.165, 1.54) is 11.1 Å². The third-order valence-electron chi connectivity index (χ3n) is 28.4. The Morgan fingerprint density at radius 3 is 1.48 bits per heavy atom. The van der Waals surface area contributed by atoms with Gasteiger partial charge in [0.25, 0.3) is 0 Å². The molecule has 10 aliphatic heterocycles. The van der Waals surface area contributed by atoms with Crippen molar-refractivity contribution >= 4 is 47.1 Å². The largest absolute Gasteiger partial charge is 0.506 e. The van der Waals surface area contributed by atoms with Crippen LogP contribution in [0.25, 0.3) is 12.2 Å². The maximum atomic E-state index is 15.8. The Labute approximate surface area is 722 Å². The van der Waals surface area contributed by atoms with Crippen molar-refractivity contribution in [2.24, 2.45) is 29.6 Å². The Morgan fingerprint density at radius 2 is 0.984 bits per heavy atom. The summed E-state index contributed by atoms with van der Waals surface area (Å²) in [4.78, 5) is 101. The molecule has 24 heteroatoms. The first-order valence-corrected chi connectivity index (χ1v) is 44.7. The fourth-order valence-corrected chi connectivity index (χ4v) is 21.7. The number of nitrogens with zero attached hydrogens (tertiary/aromatic N) is 6. The molecule has 0 radical (unpaired) electrons. The van der Waals surface area contributed by atoms with Crippen LogP contribution < -0.4 is 18.9 Å². The van der Waals surface area contributed by atoms with Crippen LogP contribution in [-0.4, -0.2) is 276 Å². The van der Waals surface area contributed by atoms with E-state index in [4.69, 9.17) is 47.7 Å². The Morgan fingerprint density at radius 1 is 0.525 bits per heavy atom. The number of aliphatic hydroxyl groups is 1. The number of Topliss-reactive ketones (excluding diaryl/α,β-unsaturated/α-hetero) is 4. The molecule has 2 aromatic rings. The lowest BCUT2D eigenvalue weighted by Gasteiger charge is -2.62. The van der Waals surface area contributed by atoms with Crippen LogP contribution in [0.5, 0.6) is 34.5 Å². The van der Waals surface area contributed by atoms with Gasteiger partial charge in [-0.25, -0.2) is 0 Å². The summed E-state index contributed by atoms with van der Waals surface area (Å²) < 4.78 is 60.3. The van der Waals surface area contributed by atoms with E-state index in [1.54, 1.807) is 19.9 Å². The number of aliphatic hydroxyl groups excluding tert-OH is 1. The topological polar surface area (TPSA) is 266 Å². The number of amides is 2. The summed E-state index contributed by atoms with van der Waals surface area (Å²) in [6.45, 7) is 46.1. The van der Waals surface area contributed by atoms with Crippen LogP contribution in [0.2, 0.25) is 0 Å².